The van der Waals surface area contributed by atoms with Crippen molar-refractivity contribution in [2.45, 2.75) is 13.0 Å². The predicted octanol–water partition coefficient (Wildman–Crippen LogP) is 3.19. The van der Waals surface area contributed by atoms with Crippen molar-refractivity contribution in [1.82, 2.24) is 5.32 Å². The van der Waals surface area contributed by atoms with Crippen molar-refractivity contribution in [3.63, 3.8) is 0 Å². The zero-order chi connectivity index (χ0) is 17.1. The lowest BCUT2D eigenvalue weighted by molar-refractivity contribution is -0.126. The number of nitrogens with zero attached hydrogens (tertiary/aromatic N) is 1. The molecule has 3 rings (SSSR count). The number of rotatable bonds is 5. The Morgan fingerprint density at radius 3 is 2.96 bits per heavy atom. The molecule has 126 valence electrons. The molecule has 2 aromatic rings. The Morgan fingerprint density at radius 1 is 1.42 bits per heavy atom. The van der Waals surface area contributed by atoms with Crippen LogP contribution in [-0.2, 0) is 16.1 Å². The Kier molecular flexibility index (Phi) is 5.20. The first-order chi connectivity index (χ1) is 11.6. The van der Waals surface area contributed by atoms with E-state index in [0.717, 1.165) is 14.4 Å². The number of amides is 2. The van der Waals surface area contributed by atoms with E-state index in [9.17, 15) is 9.59 Å². The summed E-state index contributed by atoms with van der Waals surface area (Å²) in [7, 11) is 1.59. The van der Waals surface area contributed by atoms with Gasteiger partial charge in [-0.1, -0.05) is 6.07 Å². The number of halogens is 1. The maximum Gasteiger partial charge on any atom is 0.227 e. The van der Waals surface area contributed by atoms with Crippen LogP contribution in [0.2, 0.25) is 0 Å². The van der Waals surface area contributed by atoms with E-state index in [4.69, 9.17) is 4.74 Å². The van der Waals surface area contributed by atoms with E-state index in [1.165, 1.54) is 0 Å². The first kappa shape index (κ1) is 17.0. The van der Waals surface area contributed by atoms with Gasteiger partial charge in [0.2, 0.25) is 11.8 Å². The Balaban J connectivity index is 1.62. The number of hydrogen-bond acceptors (Lipinski definition) is 4. The molecule has 1 fully saturated rings. The molecule has 1 aliphatic heterocycles. The molecule has 5 nitrogen and oxygen atoms in total. The van der Waals surface area contributed by atoms with Gasteiger partial charge in [-0.25, -0.2) is 0 Å². The molecule has 24 heavy (non-hydrogen) atoms. The van der Waals surface area contributed by atoms with Crippen molar-refractivity contribution in [3.05, 3.63) is 45.1 Å². The summed E-state index contributed by atoms with van der Waals surface area (Å²) < 4.78 is 6.23. The highest BCUT2D eigenvalue weighted by Crippen LogP contribution is 2.28. The minimum atomic E-state index is -0.327. The van der Waals surface area contributed by atoms with Crippen LogP contribution in [0.1, 0.15) is 11.3 Å². The molecular weight excluding hydrogens is 392 g/mol. The van der Waals surface area contributed by atoms with E-state index in [-0.39, 0.29) is 24.2 Å². The molecule has 7 heteroatoms. The zero-order valence-electron chi connectivity index (χ0n) is 13.1. The van der Waals surface area contributed by atoms with Crippen LogP contribution < -0.4 is 15.0 Å². The average molecular weight is 409 g/mol. The highest BCUT2D eigenvalue weighted by atomic mass is 79.9. The van der Waals surface area contributed by atoms with E-state index in [2.05, 4.69) is 21.2 Å². The molecule has 1 aromatic carbocycles. The van der Waals surface area contributed by atoms with Gasteiger partial charge in [0.1, 0.15) is 5.75 Å². The van der Waals surface area contributed by atoms with Crippen molar-refractivity contribution in [3.8, 4) is 5.75 Å². The van der Waals surface area contributed by atoms with E-state index < -0.39 is 0 Å². The van der Waals surface area contributed by atoms with Gasteiger partial charge in [-0.2, -0.15) is 0 Å². The number of nitrogens with one attached hydrogen (secondary N) is 1. The maximum absolute atomic E-state index is 12.3. The summed E-state index contributed by atoms with van der Waals surface area (Å²) in [5, 5.41) is 2.92. The standard InChI is InChI=1S/C17H17BrN2O3S/c1-23-13-4-2-3-12(8-13)20-10-11(7-16(20)21)17(22)19-9-14-5-6-15(18)24-14/h2-6,8,11H,7,9-10H2,1H3,(H,19,22). The second-order valence-electron chi connectivity index (χ2n) is 5.53. The molecule has 1 saturated heterocycles. The number of benzene rings is 1. The van der Waals surface area contributed by atoms with Crippen molar-refractivity contribution in [2.24, 2.45) is 5.92 Å². The monoisotopic (exact) mass is 408 g/mol. The average Bonchev–Trinajstić information content (AvgIpc) is 3.18. The number of carbonyl (C=O) groups is 2. The van der Waals surface area contributed by atoms with E-state index >= 15 is 0 Å². The van der Waals surface area contributed by atoms with Crippen molar-refractivity contribution in [1.29, 1.82) is 0 Å². The third kappa shape index (κ3) is 3.79. The van der Waals surface area contributed by atoms with Gasteiger partial charge in [0.15, 0.2) is 0 Å². The van der Waals surface area contributed by atoms with Crippen LogP contribution in [0.4, 0.5) is 5.69 Å². The lowest BCUT2D eigenvalue weighted by Gasteiger charge is -2.17. The van der Waals surface area contributed by atoms with Crippen molar-refractivity contribution in [2.75, 3.05) is 18.6 Å². The third-order valence-corrected chi connectivity index (χ3v) is 5.55. The first-order valence-corrected chi connectivity index (χ1v) is 9.14. The Bertz CT molecular complexity index is 762. The van der Waals surface area contributed by atoms with Gasteiger partial charge in [-0.3, -0.25) is 9.59 Å². The molecule has 1 N–H and O–H groups in total. The lowest BCUT2D eigenvalue weighted by atomic mass is 10.1. The molecule has 0 bridgehead atoms. The molecule has 1 atom stereocenters. The largest absolute Gasteiger partial charge is 0.497 e. The van der Waals surface area contributed by atoms with Gasteiger partial charge in [-0.05, 0) is 40.2 Å². The molecule has 0 spiro atoms. The van der Waals surface area contributed by atoms with Gasteiger partial charge in [0.05, 0.1) is 23.4 Å². The van der Waals surface area contributed by atoms with Gasteiger partial charge < -0.3 is 15.0 Å². The highest BCUT2D eigenvalue weighted by Gasteiger charge is 2.35. The fourth-order valence-electron chi connectivity index (χ4n) is 2.68. The maximum atomic E-state index is 12.3. The molecule has 0 radical (unpaired) electrons. The number of hydrogen-bond donors (Lipinski definition) is 1. The van der Waals surface area contributed by atoms with Crippen molar-refractivity contribution >= 4 is 44.8 Å². The summed E-state index contributed by atoms with van der Waals surface area (Å²) in [5.74, 6) is 0.240. The normalized spacial score (nSPS) is 17.2. The fraction of sp³-hybridized carbons (Fsp3) is 0.294. The van der Waals surface area contributed by atoms with Gasteiger partial charge in [0, 0.05) is 29.6 Å². The summed E-state index contributed by atoms with van der Waals surface area (Å²) in [6.07, 6.45) is 0.233. The van der Waals surface area contributed by atoms with Gasteiger partial charge in [-0.15, -0.1) is 11.3 Å². The van der Waals surface area contributed by atoms with Crippen molar-refractivity contribution < 1.29 is 14.3 Å². The SMILES string of the molecule is COc1cccc(N2CC(C(=O)NCc3ccc(Br)s3)CC2=O)c1. The van der Waals surface area contributed by atoms with Crippen LogP contribution in [-0.4, -0.2) is 25.5 Å². The summed E-state index contributed by atoms with van der Waals surface area (Å²) in [4.78, 5) is 27.3. The lowest BCUT2D eigenvalue weighted by Crippen LogP contribution is -2.32. The Labute approximate surface area is 152 Å². The Hall–Kier alpha value is -1.86. The number of carbonyl (C=O) groups excluding carboxylic acids is 2. The quantitative estimate of drug-likeness (QED) is 0.826. The summed E-state index contributed by atoms with van der Waals surface area (Å²) in [6.45, 7) is 0.880. The minimum absolute atomic E-state index is 0.0396. The Morgan fingerprint density at radius 2 is 2.25 bits per heavy atom. The van der Waals surface area contributed by atoms with Crippen LogP contribution in [0.15, 0.2) is 40.2 Å². The number of thiophene rings is 1. The first-order valence-electron chi connectivity index (χ1n) is 7.53. The molecular formula is C17H17BrN2O3S. The second kappa shape index (κ2) is 7.36. The number of anilines is 1. The number of methoxy groups -OCH3 is 1. The summed E-state index contributed by atoms with van der Waals surface area (Å²) in [5.41, 5.74) is 0.761. The van der Waals surface area contributed by atoms with E-state index in [1.54, 1.807) is 29.4 Å². The van der Waals surface area contributed by atoms with Crippen LogP contribution in [0, 0.1) is 5.92 Å². The van der Waals surface area contributed by atoms with Crippen LogP contribution in [0.25, 0.3) is 0 Å². The predicted molar refractivity (Wildman–Crippen MR) is 97.3 cm³/mol. The van der Waals surface area contributed by atoms with Gasteiger partial charge >= 0.3 is 0 Å². The minimum Gasteiger partial charge on any atom is -0.497 e. The molecule has 1 aliphatic rings. The molecule has 1 unspecified atom stereocenters. The van der Waals surface area contributed by atoms with E-state index in [0.29, 0.717) is 18.8 Å². The molecule has 0 aliphatic carbocycles. The molecule has 1 aromatic heterocycles. The van der Waals surface area contributed by atoms with Crippen LogP contribution in [0.3, 0.4) is 0 Å². The molecule has 2 amide bonds. The molecule has 2 heterocycles. The third-order valence-electron chi connectivity index (χ3n) is 3.93. The topological polar surface area (TPSA) is 58.6 Å². The second-order valence-corrected chi connectivity index (χ2v) is 8.08. The van der Waals surface area contributed by atoms with Crippen LogP contribution >= 0.6 is 27.3 Å². The molecule has 0 saturated carbocycles. The number of ether oxygens (including phenoxy) is 1. The summed E-state index contributed by atoms with van der Waals surface area (Å²) >= 11 is 4.99. The highest BCUT2D eigenvalue weighted by molar-refractivity contribution is 9.11. The smallest absolute Gasteiger partial charge is 0.227 e. The van der Waals surface area contributed by atoms with Gasteiger partial charge in [0.25, 0.3) is 0 Å². The fourth-order valence-corrected chi connectivity index (χ4v) is 4.10. The van der Waals surface area contributed by atoms with Crippen LogP contribution in [0.5, 0.6) is 5.75 Å². The summed E-state index contributed by atoms with van der Waals surface area (Å²) in [6, 6.07) is 11.2. The zero-order valence-corrected chi connectivity index (χ0v) is 15.5. The van der Waals surface area contributed by atoms with E-state index in [1.807, 2.05) is 30.3 Å².